The van der Waals surface area contributed by atoms with Crippen LogP contribution in [0.15, 0.2) is 42.7 Å². The Kier molecular flexibility index (Phi) is 4.71. The van der Waals surface area contributed by atoms with Crippen molar-refractivity contribution in [1.82, 2.24) is 4.98 Å². The predicted molar refractivity (Wildman–Crippen MR) is 80.8 cm³/mol. The molecule has 0 unspecified atom stereocenters. The van der Waals surface area contributed by atoms with Crippen molar-refractivity contribution in [3.63, 3.8) is 0 Å². The molecule has 5 heteroatoms. The van der Waals surface area contributed by atoms with Crippen molar-refractivity contribution in [2.75, 3.05) is 6.61 Å². The molecule has 0 amide bonds. The summed E-state index contributed by atoms with van der Waals surface area (Å²) in [5.41, 5.74) is 7.44. The number of thiocarbonyl (C=S) groups is 1. The molecule has 0 radical (unpaired) electrons. The smallest absolute Gasteiger partial charge is 0.137 e. The average Bonchev–Trinajstić information content (AvgIpc) is 2.41. The highest BCUT2D eigenvalue weighted by Gasteiger charge is 2.04. The molecule has 0 atom stereocenters. The molecule has 19 heavy (non-hydrogen) atoms. The number of nitrogens with zero attached hydrogens (tertiary/aromatic N) is 1. The van der Waals surface area contributed by atoms with Gasteiger partial charge < -0.3 is 10.5 Å². The fraction of sp³-hybridized carbons (Fsp3) is 0.143. The Morgan fingerprint density at radius 2 is 2.00 bits per heavy atom. The van der Waals surface area contributed by atoms with E-state index in [2.05, 4.69) is 4.98 Å². The van der Waals surface area contributed by atoms with Crippen molar-refractivity contribution in [2.45, 2.75) is 6.42 Å². The van der Waals surface area contributed by atoms with Gasteiger partial charge in [-0.15, -0.1) is 0 Å². The fourth-order valence-electron chi connectivity index (χ4n) is 1.60. The number of hydrogen-bond donors (Lipinski definition) is 1. The zero-order valence-corrected chi connectivity index (χ0v) is 11.7. The molecule has 1 heterocycles. The summed E-state index contributed by atoms with van der Waals surface area (Å²) in [5, 5.41) is 0.514. The summed E-state index contributed by atoms with van der Waals surface area (Å²) in [5.74, 6) is 0.635. The molecular weight excluding hydrogens is 280 g/mol. The van der Waals surface area contributed by atoms with Gasteiger partial charge in [-0.25, -0.2) is 0 Å². The second-order valence-corrected chi connectivity index (χ2v) is 4.81. The zero-order chi connectivity index (χ0) is 13.7. The lowest BCUT2D eigenvalue weighted by Crippen LogP contribution is -2.09. The van der Waals surface area contributed by atoms with Crippen LogP contribution in [-0.4, -0.2) is 16.6 Å². The highest BCUT2D eigenvalue weighted by atomic mass is 35.5. The van der Waals surface area contributed by atoms with E-state index in [-0.39, 0.29) is 0 Å². The summed E-state index contributed by atoms with van der Waals surface area (Å²) in [6.45, 7) is 0.552. The summed E-state index contributed by atoms with van der Waals surface area (Å²) < 4.78 is 5.64. The Morgan fingerprint density at radius 3 is 2.63 bits per heavy atom. The van der Waals surface area contributed by atoms with Crippen LogP contribution in [0.4, 0.5) is 0 Å². The van der Waals surface area contributed by atoms with Crippen LogP contribution in [0.25, 0.3) is 0 Å². The molecule has 2 rings (SSSR count). The van der Waals surface area contributed by atoms with Crippen LogP contribution in [-0.2, 0) is 6.42 Å². The number of ether oxygens (including phenoxy) is 1. The molecular formula is C14H13ClN2OS. The van der Waals surface area contributed by atoms with E-state index < -0.39 is 0 Å². The minimum absolute atomic E-state index is 0.324. The SMILES string of the molecule is NC(=S)c1ccc(OCCc2ccncc2)c(Cl)c1. The molecule has 98 valence electrons. The number of aromatic nitrogens is 1. The topological polar surface area (TPSA) is 48.1 Å². The van der Waals surface area contributed by atoms with Gasteiger partial charge in [0.15, 0.2) is 0 Å². The van der Waals surface area contributed by atoms with Gasteiger partial charge in [0.1, 0.15) is 10.7 Å². The van der Waals surface area contributed by atoms with Crippen molar-refractivity contribution in [2.24, 2.45) is 5.73 Å². The Hall–Kier alpha value is -1.65. The van der Waals surface area contributed by atoms with Crippen molar-refractivity contribution in [3.8, 4) is 5.75 Å². The lowest BCUT2D eigenvalue weighted by atomic mass is 10.2. The van der Waals surface area contributed by atoms with Crippen molar-refractivity contribution in [3.05, 3.63) is 58.9 Å². The van der Waals surface area contributed by atoms with Gasteiger partial charge in [-0.1, -0.05) is 23.8 Å². The number of nitrogens with two attached hydrogens (primary N) is 1. The first kappa shape index (κ1) is 13.8. The van der Waals surface area contributed by atoms with Crippen molar-refractivity contribution in [1.29, 1.82) is 0 Å². The van der Waals surface area contributed by atoms with Crippen LogP contribution in [0.2, 0.25) is 5.02 Å². The van der Waals surface area contributed by atoms with Crippen LogP contribution < -0.4 is 10.5 Å². The van der Waals surface area contributed by atoms with E-state index in [1.165, 1.54) is 5.56 Å². The molecule has 0 spiro atoms. The van der Waals surface area contributed by atoms with Crippen LogP contribution in [0.1, 0.15) is 11.1 Å². The third kappa shape index (κ3) is 3.91. The predicted octanol–water partition coefficient (Wildman–Crippen LogP) is 2.99. The quantitative estimate of drug-likeness (QED) is 0.861. The average molecular weight is 293 g/mol. The molecule has 2 aromatic rings. The maximum absolute atomic E-state index is 6.11. The number of hydrogen-bond acceptors (Lipinski definition) is 3. The Labute approximate surface area is 122 Å². The summed E-state index contributed by atoms with van der Waals surface area (Å²) in [6.07, 6.45) is 4.33. The van der Waals surface area contributed by atoms with Gasteiger partial charge in [-0.2, -0.15) is 0 Å². The van der Waals surface area contributed by atoms with Crippen LogP contribution in [0, 0.1) is 0 Å². The standard InChI is InChI=1S/C14H13ClN2OS/c15-12-9-11(14(16)19)1-2-13(12)18-8-5-10-3-6-17-7-4-10/h1-4,6-7,9H,5,8H2,(H2,16,19). The monoisotopic (exact) mass is 292 g/mol. The summed E-state index contributed by atoms with van der Waals surface area (Å²) in [6, 6.07) is 9.22. The summed E-state index contributed by atoms with van der Waals surface area (Å²) in [7, 11) is 0. The first-order chi connectivity index (χ1) is 9.16. The van der Waals surface area contributed by atoms with E-state index in [9.17, 15) is 0 Å². The van der Waals surface area contributed by atoms with Gasteiger partial charge in [0.2, 0.25) is 0 Å². The molecule has 2 N–H and O–H groups in total. The molecule has 0 saturated carbocycles. The Bertz CT molecular complexity index is 575. The lowest BCUT2D eigenvalue weighted by Gasteiger charge is -2.09. The van der Waals surface area contributed by atoms with Gasteiger partial charge in [0.05, 0.1) is 11.6 Å². The van der Waals surface area contributed by atoms with Crippen LogP contribution >= 0.6 is 23.8 Å². The van der Waals surface area contributed by atoms with E-state index in [1.807, 2.05) is 12.1 Å². The van der Waals surface area contributed by atoms with E-state index in [0.717, 1.165) is 12.0 Å². The van der Waals surface area contributed by atoms with Crippen molar-refractivity contribution < 1.29 is 4.74 Å². The Morgan fingerprint density at radius 1 is 1.26 bits per heavy atom. The minimum Gasteiger partial charge on any atom is -0.492 e. The molecule has 0 saturated heterocycles. The zero-order valence-electron chi connectivity index (χ0n) is 10.2. The molecule has 1 aromatic heterocycles. The number of rotatable bonds is 5. The van der Waals surface area contributed by atoms with Crippen LogP contribution in [0.5, 0.6) is 5.75 Å². The molecule has 1 aromatic carbocycles. The second-order valence-electron chi connectivity index (χ2n) is 3.96. The van der Waals surface area contributed by atoms with Gasteiger partial charge in [-0.05, 0) is 35.9 Å². The van der Waals surface area contributed by atoms with Gasteiger partial charge >= 0.3 is 0 Å². The van der Waals surface area contributed by atoms with Crippen molar-refractivity contribution >= 4 is 28.8 Å². The molecule has 0 aliphatic rings. The van der Waals surface area contributed by atoms with Crippen LogP contribution in [0.3, 0.4) is 0 Å². The minimum atomic E-state index is 0.324. The molecule has 0 aliphatic heterocycles. The third-order valence-corrected chi connectivity index (χ3v) is 3.15. The first-order valence-electron chi connectivity index (χ1n) is 5.78. The summed E-state index contributed by atoms with van der Waals surface area (Å²) in [4.78, 5) is 4.29. The lowest BCUT2D eigenvalue weighted by molar-refractivity contribution is 0.322. The fourth-order valence-corrected chi connectivity index (χ4v) is 1.96. The second kappa shape index (κ2) is 6.50. The molecule has 0 aliphatic carbocycles. The van der Waals surface area contributed by atoms with Gasteiger partial charge in [0, 0.05) is 24.4 Å². The van der Waals surface area contributed by atoms with E-state index in [0.29, 0.717) is 22.4 Å². The van der Waals surface area contributed by atoms with E-state index in [4.69, 9.17) is 34.3 Å². The number of benzene rings is 1. The highest BCUT2D eigenvalue weighted by Crippen LogP contribution is 2.25. The maximum Gasteiger partial charge on any atom is 0.137 e. The van der Waals surface area contributed by atoms with Gasteiger partial charge in [-0.3, -0.25) is 4.98 Å². The molecule has 0 bridgehead atoms. The van der Waals surface area contributed by atoms with E-state index in [1.54, 1.807) is 30.6 Å². The third-order valence-electron chi connectivity index (χ3n) is 2.61. The normalized spacial score (nSPS) is 10.2. The number of pyridine rings is 1. The summed E-state index contributed by atoms with van der Waals surface area (Å²) >= 11 is 11.0. The first-order valence-corrected chi connectivity index (χ1v) is 6.56. The number of halogens is 1. The Balaban J connectivity index is 1.95. The van der Waals surface area contributed by atoms with E-state index >= 15 is 0 Å². The largest absolute Gasteiger partial charge is 0.492 e. The highest BCUT2D eigenvalue weighted by molar-refractivity contribution is 7.80. The molecule has 3 nitrogen and oxygen atoms in total. The maximum atomic E-state index is 6.11. The van der Waals surface area contributed by atoms with Gasteiger partial charge in [0.25, 0.3) is 0 Å². The molecule has 0 fully saturated rings.